The Morgan fingerprint density at radius 1 is 1.55 bits per heavy atom. The van der Waals surface area contributed by atoms with Crippen molar-refractivity contribution in [2.75, 3.05) is 6.61 Å². The number of carbonyl (C=O) groups is 1. The first-order valence-electron chi connectivity index (χ1n) is 5.56. The van der Waals surface area contributed by atoms with Crippen LogP contribution in [0.5, 0.6) is 0 Å². The summed E-state index contributed by atoms with van der Waals surface area (Å²) in [5.41, 5.74) is -2.37. The molecular weight excluding hydrogens is 274 g/mol. The molecule has 1 aromatic carbocycles. The van der Waals surface area contributed by atoms with E-state index < -0.39 is 40.6 Å². The number of esters is 1. The molecule has 106 valence electrons. The maximum Gasteiger partial charge on any atom is 0.310 e. The first-order chi connectivity index (χ1) is 9.42. The fourth-order valence-electron chi connectivity index (χ4n) is 1.67. The van der Waals surface area contributed by atoms with Crippen LogP contribution >= 0.6 is 0 Å². The van der Waals surface area contributed by atoms with E-state index in [1.807, 2.05) is 0 Å². The number of benzene rings is 1. The summed E-state index contributed by atoms with van der Waals surface area (Å²) in [5.74, 6) is -0.732. The summed E-state index contributed by atoms with van der Waals surface area (Å²) < 4.78 is 30.1. The standard InChI is InChI=1S/C12H10F2N2O4/c1-2-20-10(17)5-7-3-4-8(12(13)14)9(6-15)11(7)16(18)19/h3-4,12H,2,5H2,1H3. The van der Waals surface area contributed by atoms with E-state index in [1.165, 1.54) is 6.07 Å². The Morgan fingerprint density at radius 3 is 2.65 bits per heavy atom. The third kappa shape index (κ3) is 3.26. The fourth-order valence-corrected chi connectivity index (χ4v) is 1.67. The zero-order valence-corrected chi connectivity index (χ0v) is 10.4. The van der Waals surface area contributed by atoms with Crippen molar-refractivity contribution in [2.24, 2.45) is 0 Å². The number of hydrogen-bond acceptors (Lipinski definition) is 5. The molecule has 1 rings (SSSR count). The van der Waals surface area contributed by atoms with Crippen LogP contribution in [0.1, 0.15) is 30.0 Å². The summed E-state index contributed by atoms with van der Waals surface area (Å²) >= 11 is 0. The molecule has 0 saturated heterocycles. The molecule has 0 aliphatic heterocycles. The van der Waals surface area contributed by atoms with Crippen LogP contribution in [0, 0.1) is 21.4 Å². The van der Waals surface area contributed by atoms with E-state index >= 15 is 0 Å². The maximum atomic E-state index is 12.7. The molecule has 0 aliphatic rings. The Bertz CT molecular complexity index is 582. The second-order valence-electron chi connectivity index (χ2n) is 3.69. The van der Waals surface area contributed by atoms with Crippen molar-refractivity contribution in [3.05, 3.63) is 38.9 Å². The van der Waals surface area contributed by atoms with Crippen molar-refractivity contribution in [1.82, 2.24) is 0 Å². The van der Waals surface area contributed by atoms with Crippen molar-refractivity contribution >= 4 is 11.7 Å². The molecule has 0 bridgehead atoms. The third-order valence-corrected chi connectivity index (χ3v) is 2.46. The normalized spacial score (nSPS) is 10.2. The number of hydrogen-bond donors (Lipinski definition) is 0. The first kappa shape index (κ1) is 15.5. The highest BCUT2D eigenvalue weighted by atomic mass is 19.3. The van der Waals surface area contributed by atoms with E-state index in [-0.39, 0.29) is 12.2 Å². The van der Waals surface area contributed by atoms with E-state index in [9.17, 15) is 23.7 Å². The molecule has 20 heavy (non-hydrogen) atoms. The molecule has 0 amide bonds. The maximum absolute atomic E-state index is 12.7. The predicted molar refractivity (Wildman–Crippen MR) is 63.1 cm³/mol. The predicted octanol–water partition coefficient (Wildman–Crippen LogP) is 2.51. The third-order valence-electron chi connectivity index (χ3n) is 2.46. The number of nitro benzene ring substituents is 1. The summed E-state index contributed by atoms with van der Waals surface area (Å²) in [4.78, 5) is 21.4. The number of halogens is 2. The minimum Gasteiger partial charge on any atom is -0.466 e. The lowest BCUT2D eigenvalue weighted by Crippen LogP contribution is -2.11. The SMILES string of the molecule is CCOC(=O)Cc1ccc(C(F)F)c(C#N)c1[N+](=O)[O-]. The molecule has 0 unspecified atom stereocenters. The van der Waals surface area contributed by atoms with Crippen LogP contribution in [0.15, 0.2) is 12.1 Å². The van der Waals surface area contributed by atoms with E-state index in [0.29, 0.717) is 0 Å². The quantitative estimate of drug-likeness (QED) is 0.470. The van der Waals surface area contributed by atoms with Gasteiger partial charge < -0.3 is 4.74 Å². The van der Waals surface area contributed by atoms with Gasteiger partial charge in [0, 0.05) is 11.1 Å². The number of carbonyl (C=O) groups excluding carboxylic acids is 1. The number of alkyl halides is 2. The molecule has 0 saturated carbocycles. The van der Waals surface area contributed by atoms with Gasteiger partial charge in [0.25, 0.3) is 12.1 Å². The zero-order valence-electron chi connectivity index (χ0n) is 10.4. The molecule has 6 nitrogen and oxygen atoms in total. The number of ether oxygens (including phenoxy) is 1. The Labute approximate surface area is 112 Å². The number of rotatable bonds is 5. The van der Waals surface area contributed by atoms with Gasteiger partial charge in [-0.15, -0.1) is 0 Å². The summed E-state index contributed by atoms with van der Waals surface area (Å²) in [6, 6.07) is 3.35. The average molecular weight is 284 g/mol. The molecule has 0 fully saturated rings. The average Bonchev–Trinajstić information content (AvgIpc) is 2.37. The van der Waals surface area contributed by atoms with Crippen LogP contribution in [0.4, 0.5) is 14.5 Å². The largest absolute Gasteiger partial charge is 0.466 e. The molecule has 0 N–H and O–H groups in total. The summed E-state index contributed by atoms with van der Waals surface area (Å²) in [5, 5.41) is 19.8. The van der Waals surface area contributed by atoms with Gasteiger partial charge in [-0.3, -0.25) is 14.9 Å². The van der Waals surface area contributed by atoms with E-state index in [4.69, 9.17) is 5.26 Å². The Kier molecular flexibility index (Phi) is 5.08. The van der Waals surface area contributed by atoms with Crippen molar-refractivity contribution < 1.29 is 23.2 Å². The van der Waals surface area contributed by atoms with E-state index in [2.05, 4.69) is 4.74 Å². The summed E-state index contributed by atoms with van der Waals surface area (Å²) in [6.45, 7) is 1.65. The smallest absolute Gasteiger partial charge is 0.310 e. The van der Waals surface area contributed by atoms with Gasteiger partial charge in [-0.05, 0) is 6.92 Å². The molecule has 1 aromatic rings. The minimum atomic E-state index is -3.01. The molecule has 0 heterocycles. The highest BCUT2D eigenvalue weighted by molar-refractivity contribution is 5.75. The Balaban J connectivity index is 3.37. The van der Waals surface area contributed by atoms with Crippen LogP contribution in [0.3, 0.4) is 0 Å². The van der Waals surface area contributed by atoms with Gasteiger partial charge >= 0.3 is 5.97 Å². The van der Waals surface area contributed by atoms with Gasteiger partial charge in [0.2, 0.25) is 0 Å². The number of nitro groups is 1. The van der Waals surface area contributed by atoms with Crippen molar-refractivity contribution in [3.63, 3.8) is 0 Å². The van der Waals surface area contributed by atoms with Gasteiger partial charge in [-0.2, -0.15) is 5.26 Å². The molecule has 8 heteroatoms. The van der Waals surface area contributed by atoms with Crippen LogP contribution in [0.2, 0.25) is 0 Å². The van der Waals surface area contributed by atoms with Gasteiger partial charge in [-0.1, -0.05) is 12.1 Å². The van der Waals surface area contributed by atoms with Crippen molar-refractivity contribution in [1.29, 1.82) is 5.26 Å². The Hall–Kier alpha value is -2.56. The fraction of sp³-hybridized carbons (Fsp3) is 0.333. The lowest BCUT2D eigenvalue weighted by Gasteiger charge is -2.08. The second-order valence-corrected chi connectivity index (χ2v) is 3.69. The van der Waals surface area contributed by atoms with Gasteiger partial charge in [0.15, 0.2) is 0 Å². The Morgan fingerprint density at radius 2 is 2.20 bits per heavy atom. The molecule has 0 atom stereocenters. The molecule has 0 aromatic heterocycles. The van der Waals surface area contributed by atoms with Crippen molar-refractivity contribution in [2.45, 2.75) is 19.8 Å². The van der Waals surface area contributed by atoms with Crippen LogP contribution in [-0.4, -0.2) is 17.5 Å². The van der Waals surface area contributed by atoms with Gasteiger partial charge in [-0.25, -0.2) is 8.78 Å². The minimum absolute atomic E-state index is 0.0901. The molecule has 0 aliphatic carbocycles. The van der Waals surface area contributed by atoms with Crippen LogP contribution in [-0.2, 0) is 16.0 Å². The lowest BCUT2D eigenvalue weighted by atomic mass is 10.00. The van der Waals surface area contributed by atoms with Gasteiger partial charge in [0.1, 0.15) is 11.6 Å². The van der Waals surface area contributed by atoms with Gasteiger partial charge in [0.05, 0.1) is 18.0 Å². The topological polar surface area (TPSA) is 93.2 Å². The highest BCUT2D eigenvalue weighted by Gasteiger charge is 2.27. The summed E-state index contributed by atoms with van der Waals surface area (Å²) in [6.07, 6.45) is -3.47. The highest BCUT2D eigenvalue weighted by Crippen LogP contribution is 2.32. The van der Waals surface area contributed by atoms with Crippen LogP contribution in [0.25, 0.3) is 0 Å². The summed E-state index contributed by atoms with van der Waals surface area (Å²) in [7, 11) is 0. The lowest BCUT2D eigenvalue weighted by molar-refractivity contribution is -0.385. The molecular formula is C12H10F2N2O4. The number of nitrogens with zero attached hydrogens (tertiary/aromatic N) is 2. The molecule has 0 spiro atoms. The number of nitriles is 1. The second kappa shape index (κ2) is 6.56. The van der Waals surface area contributed by atoms with Crippen molar-refractivity contribution in [3.8, 4) is 6.07 Å². The zero-order chi connectivity index (χ0) is 15.3. The van der Waals surface area contributed by atoms with Crippen LogP contribution < -0.4 is 0 Å². The first-order valence-corrected chi connectivity index (χ1v) is 5.56. The monoisotopic (exact) mass is 284 g/mol. The van der Waals surface area contributed by atoms with E-state index in [0.717, 1.165) is 12.1 Å². The molecule has 0 radical (unpaired) electrons. The van der Waals surface area contributed by atoms with E-state index in [1.54, 1.807) is 6.92 Å².